The van der Waals surface area contributed by atoms with E-state index in [9.17, 15) is 0 Å². The minimum absolute atomic E-state index is 0.506. The van der Waals surface area contributed by atoms with Crippen molar-refractivity contribution in [3.05, 3.63) is 6.33 Å². The zero-order valence-corrected chi connectivity index (χ0v) is 8.54. The summed E-state index contributed by atoms with van der Waals surface area (Å²) < 4.78 is 4.44. The van der Waals surface area contributed by atoms with Crippen molar-refractivity contribution < 1.29 is 0 Å². The number of hydrogen-bond donors (Lipinski definition) is 1. The molecule has 0 bridgehead atoms. The Morgan fingerprint density at radius 3 is 3.08 bits per heavy atom. The topological polar surface area (TPSA) is 37.8 Å². The fraction of sp³-hybridized carbons (Fsp3) is 0.714. The van der Waals surface area contributed by atoms with Crippen molar-refractivity contribution in [1.82, 2.24) is 9.36 Å². The Kier molecular flexibility index (Phi) is 2.23. The lowest BCUT2D eigenvalue weighted by molar-refractivity contribution is 0.946. The number of nitrogens with zero attached hydrogens (tertiary/aromatic N) is 2. The van der Waals surface area contributed by atoms with Crippen molar-refractivity contribution >= 4 is 28.4 Å². The van der Waals surface area contributed by atoms with Gasteiger partial charge in [0.1, 0.15) is 6.33 Å². The summed E-state index contributed by atoms with van der Waals surface area (Å²) in [6.45, 7) is 1.03. The van der Waals surface area contributed by atoms with Crippen LogP contribution in [0.5, 0.6) is 0 Å². The van der Waals surface area contributed by atoms with Crippen LogP contribution in [-0.4, -0.2) is 26.9 Å². The van der Waals surface area contributed by atoms with Gasteiger partial charge in [-0.05, 0) is 19.1 Å². The van der Waals surface area contributed by atoms with Crippen LogP contribution in [-0.2, 0) is 0 Å². The molecule has 0 unspecified atom stereocenters. The Morgan fingerprint density at radius 2 is 2.58 bits per heavy atom. The molecule has 0 spiro atoms. The van der Waals surface area contributed by atoms with Crippen molar-refractivity contribution in [2.24, 2.45) is 0 Å². The summed E-state index contributed by atoms with van der Waals surface area (Å²) in [7, 11) is 0. The lowest BCUT2D eigenvalue weighted by Gasteiger charge is -2.11. The minimum atomic E-state index is 0.506. The van der Waals surface area contributed by atoms with Gasteiger partial charge >= 0.3 is 0 Å². The molecule has 0 aromatic carbocycles. The van der Waals surface area contributed by atoms with E-state index in [1.165, 1.54) is 24.4 Å². The number of rotatable bonds is 4. The van der Waals surface area contributed by atoms with Crippen LogP contribution in [0.3, 0.4) is 0 Å². The molecule has 66 valence electrons. The molecule has 1 aromatic rings. The maximum absolute atomic E-state index is 4.07. The highest BCUT2D eigenvalue weighted by molar-refractivity contribution is 8.00. The van der Waals surface area contributed by atoms with E-state index < -0.39 is 0 Å². The molecule has 5 heteroatoms. The van der Waals surface area contributed by atoms with E-state index in [4.69, 9.17) is 0 Å². The molecule has 1 aromatic heterocycles. The zero-order valence-electron chi connectivity index (χ0n) is 6.91. The standard InChI is InChI=1S/C7H11N3S2/c1-11-7(2-3-7)4-8-6-9-5-10-12-6/h5H,2-4H2,1H3,(H,8,9,10). The van der Waals surface area contributed by atoms with Gasteiger partial charge in [0.25, 0.3) is 0 Å². The van der Waals surface area contributed by atoms with Crippen LogP contribution in [0.25, 0.3) is 0 Å². The van der Waals surface area contributed by atoms with Gasteiger partial charge in [0.05, 0.1) is 0 Å². The van der Waals surface area contributed by atoms with Crippen molar-refractivity contribution in [3.63, 3.8) is 0 Å². The molecule has 0 aliphatic heterocycles. The van der Waals surface area contributed by atoms with Crippen LogP contribution in [0, 0.1) is 0 Å². The van der Waals surface area contributed by atoms with E-state index in [1.807, 2.05) is 11.8 Å². The highest BCUT2D eigenvalue weighted by Crippen LogP contribution is 2.46. The Labute approximate surface area is 80.1 Å². The average Bonchev–Trinajstić information content (AvgIpc) is 2.70. The van der Waals surface area contributed by atoms with Gasteiger partial charge < -0.3 is 5.32 Å². The van der Waals surface area contributed by atoms with Crippen LogP contribution < -0.4 is 5.32 Å². The SMILES string of the molecule is CSC1(CNc2ncns2)CC1. The fourth-order valence-electron chi connectivity index (χ4n) is 1.08. The predicted octanol–water partition coefficient (Wildman–Crippen LogP) is 1.85. The number of hydrogen-bond acceptors (Lipinski definition) is 5. The number of thioether (sulfide) groups is 1. The summed E-state index contributed by atoms with van der Waals surface area (Å²) in [5.74, 6) is 0. The smallest absolute Gasteiger partial charge is 0.202 e. The van der Waals surface area contributed by atoms with Crippen LogP contribution in [0.2, 0.25) is 0 Å². The van der Waals surface area contributed by atoms with E-state index in [-0.39, 0.29) is 0 Å². The van der Waals surface area contributed by atoms with Crippen molar-refractivity contribution in [1.29, 1.82) is 0 Å². The molecule has 1 heterocycles. The van der Waals surface area contributed by atoms with Gasteiger partial charge in [0.15, 0.2) is 0 Å². The maximum Gasteiger partial charge on any atom is 0.202 e. The van der Waals surface area contributed by atoms with Crippen LogP contribution >= 0.6 is 23.3 Å². The molecule has 1 aliphatic rings. The lowest BCUT2D eigenvalue weighted by Crippen LogP contribution is -2.17. The first kappa shape index (κ1) is 8.31. The monoisotopic (exact) mass is 201 g/mol. The molecule has 0 amide bonds. The highest BCUT2D eigenvalue weighted by Gasteiger charge is 2.41. The molecule has 0 radical (unpaired) electrons. The second-order valence-electron chi connectivity index (χ2n) is 2.99. The summed E-state index contributed by atoms with van der Waals surface area (Å²) in [5, 5.41) is 4.24. The highest BCUT2D eigenvalue weighted by atomic mass is 32.2. The predicted molar refractivity (Wildman–Crippen MR) is 53.9 cm³/mol. The summed E-state index contributed by atoms with van der Waals surface area (Å²) in [4.78, 5) is 4.07. The van der Waals surface area contributed by atoms with Gasteiger partial charge in [-0.25, -0.2) is 4.98 Å². The molecule has 1 saturated carbocycles. The van der Waals surface area contributed by atoms with Crippen molar-refractivity contribution in [2.45, 2.75) is 17.6 Å². The quantitative estimate of drug-likeness (QED) is 0.806. The first-order valence-corrected chi connectivity index (χ1v) is 5.90. The Hall–Kier alpha value is -0.290. The van der Waals surface area contributed by atoms with Crippen LogP contribution in [0.15, 0.2) is 6.33 Å². The summed E-state index contributed by atoms with van der Waals surface area (Å²) >= 11 is 3.37. The molecule has 12 heavy (non-hydrogen) atoms. The van der Waals surface area contributed by atoms with Gasteiger partial charge in [0, 0.05) is 22.8 Å². The van der Waals surface area contributed by atoms with Crippen molar-refractivity contribution in [2.75, 3.05) is 18.1 Å². The Balaban J connectivity index is 1.83. The van der Waals surface area contributed by atoms with Gasteiger partial charge in [-0.1, -0.05) is 0 Å². The molecule has 1 fully saturated rings. The number of anilines is 1. The summed E-state index contributed by atoms with van der Waals surface area (Å²) in [6.07, 6.45) is 6.43. The molecule has 0 saturated heterocycles. The fourth-order valence-corrected chi connectivity index (χ4v) is 2.23. The first-order valence-electron chi connectivity index (χ1n) is 3.90. The maximum atomic E-state index is 4.07. The third-order valence-corrected chi connectivity index (χ3v) is 4.20. The summed E-state index contributed by atoms with van der Waals surface area (Å²) in [5.41, 5.74) is 0. The molecule has 2 rings (SSSR count). The van der Waals surface area contributed by atoms with Crippen LogP contribution in [0.4, 0.5) is 5.13 Å². The van der Waals surface area contributed by atoms with Gasteiger partial charge in [-0.2, -0.15) is 16.1 Å². The van der Waals surface area contributed by atoms with Gasteiger partial charge in [0.2, 0.25) is 5.13 Å². The number of aromatic nitrogens is 2. The van der Waals surface area contributed by atoms with E-state index in [1.54, 1.807) is 6.33 Å². The van der Waals surface area contributed by atoms with E-state index in [0.717, 1.165) is 11.7 Å². The molecule has 1 aliphatic carbocycles. The number of nitrogens with one attached hydrogen (secondary N) is 1. The lowest BCUT2D eigenvalue weighted by atomic mass is 10.4. The minimum Gasteiger partial charge on any atom is -0.359 e. The van der Waals surface area contributed by atoms with Crippen LogP contribution in [0.1, 0.15) is 12.8 Å². The molecule has 0 atom stereocenters. The molecular weight excluding hydrogens is 190 g/mol. The zero-order chi connectivity index (χ0) is 8.44. The Bertz CT molecular complexity index is 243. The molecule has 3 nitrogen and oxygen atoms in total. The van der Waals surface area contributed by atoms with E-state index >= 15 is 0 Å². The third-order valence-electron chi connectivity index (χ3n) is 2.16. The average molecular weight is 201 g/mol. The van der Waals surface area contributed by atoms with E-state index in [0.29, 0.717) is 4.75 Å². The van der Waals surface area contributed by atoms with Crippen molar-refractivity contribution in [3.8, 4) is 0 Å². The second kappa shape index (κ2) is 3.22. The van der Waals surface area contributed by atoms with Gasteiger partial charge in [-0.15, -0.1) is 0 Å². The molecule has 1 N–H and O–H groups in total. The first-order chi connectivity index (χ1) is 5.85. The normalized spacial score (nSPS) is 19.1. The third kappa shape index (κ3) is 1.72. The van der Waals surface area contributed by atoms with E-state index in [2.05, 4.69) is 20.9 Å². The molecular formula is C7H11N3S2. The largest absolute Gasteiger partial charge is 0.359 e. The second-order valence-corrected chi connectivity index (χ2v) is 5.04. The summed E-state index contributed by atoms with van der Waals surface area (Å²) in [6, 6.07) is 0. The Morgan fingerprint density at radius 1 is 1.75 bits per heavy atom. The van der Waals surface area contributed by atoms with Gasteiger partial charge in [-0.3, -0.25) is 0 Å².